The fourth-order valence-electron chi connectivity index (χ4n) is 6.03. The van der Waals surface area contributed by atoms with Crippen LogP contribution < -0.4 is 15.8 Å². The topological polar surface area (TPSA) is 108 Å². The van der Waals surface area contributed by atoms with Gasteiger partial charge in [-0.2, -0.15) is 0 Å². The van der Waals surface area contributed by atoms with Gasteiger partial charge in [0.25, 0.3) is 5.56 Å². The van der Waals surface area contributed by atoms with Crippen molar-refractivity contribution in [1.82, 2.24) is 19.8 Å². The van der Waals surface area contributed by atoms with Crippen LogP contribution in [0.15, 0.2) is 53.3 Å². The molecule has 2 aromatic carbocycles. The zero-order valence-corrected chi connectivity index (χ0v) is 17.1. The molecule has 8 rings (SSSR count). The first-order chi connectivity index (χ1) is 15.4. The highest BCUT2D eigenvalue weighted by Gasteiger charge is 2.66. The largest absolute Gasteiger partial charge is 0.381 e. The maximum atomic E-state index is 13.5. The minimum atomic E-state index is -1.51. The zero-order chi connectivity index (χ0) is 21.9. The predicted molar refractivity (Wildman–Crippen MR) is 113 cm³/mol. The van der Waals surface area contributed by atoms with E-state index in [0.717, 1.165) is 0 Å². The molecule has 2 amide bonds. The molecule has 6 heterocycles. The summed E-state index contributed by atoms with van der Waals surface area (Å²) in [6.45, 7) is 1.76. The van der Waals surface area contributed by atoms with Crippen LogP contribution in [0.1, 0.15) is 36.9 Å². The van der Waals surface area contributed by atoms with Crippen molar-refractivity contribution in [3.05, 3.63) is 70.3 Å². The minimum Gasteiger partial charge on any atom is -0.381 e. The Balaban J connectivity index is 1.58. The van der Waals surface area contributed by atoms with Crippen molar-refractivity contribution < 1.29 is 14.7 Å². The van der Waals surface area contributed by atoms with Crippen LogP contribution in [0.2, 0.25) is 0 Å². The Hall–Kier alpha value is -3.56. The summed E-state index contributed by atoms with van der Waals surface area (Å²) < 4.78 is 1.42. The van der Waals surface area contributed by atoms with Crippen molar-refractivity contribution in [3.8, 4) is 0 Å². The molecule has 3 aromatic rings. The maximum absolute atomic E-state index is 13.5. The summed E-state index contributed by atoms with van der Waals surface area (Å²) in [6, 6.07) is 12.7. The monoisotopic (exact) mass is 429 g/mol. The van der Waals surface area contributed by atoms with E-state index in [1.807, 2.05) is 24.3 Å². The molecular formula is C23H19N5O4. The average Bonchev–Trinajstić information content (AvgIpc) is 3.19. The SMILES string of the molecule is C[C@H]1C(=O)N2c3ccccc3[C@]3(O)CC4C(=O)NC(c5nc6ccccc6c(=O)n54)N1[C@@H]23. The normalized spacial score (nSPS) is 32.4. The highest BCUT2D eigenvalue weighted by atomic mass is 16.3. The third-order valence-electron chi connectivity index (χ3n) is 7.40. The standard InChI is InChI=1S/C23H19N5O4/c1-11-20(30)28-15-9-5-3-7-13(15)23(32)10-16-19(29)25-18(26(11)22(23)28)17-24-14-8-4-2-6-12(14)21(31)27(16)17/h2-9,11,16,18,22,32H,10H2,1H3,(H,25,29)/t11-,16?,18?,22-,23+/m0/s1. The van der Waals surface area contributed by atoms with E-state index >= 15 is 0 Å². The van der Waals surface area contributed by atoms with Crippen LogP contribution in [0.4, 0.5) is 5.69 Å². The van der Waals surface area contributed by atoms with Gasteiger partial charge in [-0.3, -0.25) is 23.9 Å². The molecule has 9 heteroatoms. The second-order valence-corrected chi connectivity index (χ2v) is 8.94. The maximum Gasteiger partial charge on any atom is 0.262 e. The summed E-state index contributed by atoms with van der Waals surface area (Å²) >= 11 is 0. The number of aromatic nitrogens is 2. The van der Waals surface area contributed by atoms with Crippen molar-refractivity contribution in [3.63, 3.8) is 0 Å². The molecule has 0 radical (unpaired) electrons. The quantitative estimate of drug-likeness (QED) is 0.546. The van der Waals surface area contributed by atoms with Crippen LogP contribution >= 0.6 is 0 Å². The number of hydrogen-bond acceptors (Lipinski definition) is 6. The number of para-hydroxylation sites is 2. The molecule has 5 atom stereocenters. The molecule has 0 spiro atoms. The van der Waals surface area contributed by atoms with E-state index in [9.17, 15) is 19.5 Å². The number of nitrogens with one attached hydrogen (secondary N) is 1. The molecule has 0 aliphatic carbocycles. The summed E-state index contributed by atoms with van der Waals surface area (Å²) in [5.74, 6) is -0.137. The molecule has 0 saturated carbocycles. The molecule has 1 aromatic heterocycles. The number of nitrogens with zero attached hydrogens (tertiary/aromatic N) is 4. The molecule has 160 valence electrons. The summed E-state index contributed by atoms with van der Waals surface area (Å²) in [4.78, 5) is 48.3. The van der Waals surface area contributed by atoms with Gasteiger partial charge in [0.2, 0.25) is 11.8 Å². The van der Waals surface area contributed by atoms with Crippen LogP contribution in [0.5, 0.6) is 0 Å². The van der Waals surface area contributed by atoms with E-state index in [-0.39, 0.29) is 23.8 Å². The van der Waals surface area contributed by atoms with E-state index in [1.54, 1.807) is 41.0 Å². The average molecular weight is 429 g/mol. The van der Waals surface area contributed by atoms with Gasteiger partial charge in [0.05, 0.1) is 22.6 Å². The number of anilines is 1. The number of hydrogen-bond donors (Lipinski definition) is 2. The van der Waals surface area contributed by atoms with Gasteiger partial charge in [-0.25, -0.2) is 9.88 Å². The number of carbonyl (C=O) groups is 2. The Morgan fingerprint density at radius 1 is 1.09 bits per heavy atom. The van der Waals surface area contributed by atoms with E-state index in [1.165, 1.54) is 4.57 Å². The van der Waals surface area contributed by atoms with Crippen LogP contribution in [0, 0.1) is 0 Å². The number of benzene rings is 2. The van der Waals surface area contributed by atoms with Gasteiger partial charge in [0, 0.05) is 12.0 Å². The van der Waals surface area contributed by atoms with Crippen molar-refractivity contribution in [2.75, 3.05) is 4.90 Å². The van der Waals surface area contributed by atoms with Crippen molar-refractivity contribution in [2.24, 2.45) is 0 Å². The van der Waals surface area contributed by atoms with E-state index in [2.05, 4.69) is 5.32 Å². The van der Waals surface area contributed by atoms with Crippen molar-refractivity contribution in [2.45, 2.75) is 43.4 Å². The lowest BCUT2D eigenvalue weighted by atomic mass is 9.83. The Kier molecular flexibility index (Phi) is 3.17. The van der Waals surface area contributed by atoms with Gasteiger partial charge in [-0.15, -0.1) is 0 Å². The lowest BCUT2D eigenvalue weighted by Crippen LogP contribution is -2.63. The molecular weight excluding hydrogens is 410 g/mol. The van der Waals surface area contributed by atoms with Crippen LogP contribution in [0.25, 0.3) is 10.9 Å². The lowest BCUT2D eigenvalue weighted by molar-refractivity contribution is -0.144. The van der Waals surface area contributed by atoms with E-state index in [0.29, 0.717) is 28.0 Å². The molecule has 2 N–H and O–H groups in total. The minimum absolute atomic E-state index is 0.0485. The first-order valence-electron chi connectivity index (χ1n) is 10.7. The van der Waals surface area contributed by atoms with Gasteiger partial charge >= 0.3 is 0 Å². The van der Waals surface area contributed by atoms with Gasteiger partial charge in [-0.05, 0) is 25.1 Å². The van der Waals surface area contributed by atoms with Crippen LogP contribution in [-0.4, -0.2) is 43.6 Å². The Morgan fingerprint density at radius 3 is 2.69 bits per heavy atom. The van der Waals surface area contributed by atoms with Crippen LogP contribution in [-0.2, 0) is 15.2 Å². The molecule has 2 fully saturated rings. The Morgan fingerprint density at radius 2 is 1.84 bits per heavy atom. The Labute approximate surface area is 181 Å². The van der Waals surface area contributed by atoms with Crippen LogP contribution in [0.3, 0.4) is 0 Å². The van der Waals surface area contributed by atoms with Gasteiger partial charge in [0.15, 0.2) is 5.82 Å². The number of fused-ring (bicyclic) bond motifs is 4. The summed E-state index contributed by atoms with van der Waals surface area (Å²) in [5, 5.41) is 15.5. The number of rotatable bonds is 0. The number of carbonyl (C=O) groups excluding carboxylic acids is 2. The second-order valence-electron chi connectivity index (χ2n) is 8.94. The molecule has 32 heavy (non-hydrogen) atoms. The molecule has 9 nitrogen and oxygen atoms in total. The number of aliphatic hydroxyl groups is 1. The fraction of sp³-hybridized carbons (Fsp3) is 0.304. The molecule has 2 saturated heterocycles. The summed E-state index contributed by atoms with van der Waals surface area (Å²) in [6.07, 6.45) is -1.58. The van der Waals surface area contributed by atoms with Crippen molar-refractivity contribution >= 4 is 28.4 Å². The third-order valence-corrected chi connectivity index (χ3v) is 7.40. The van der Waals surface area contributed by atoms with Gasteiger partial charge in [0.1, 0.15) is 24.0 Å². The molecule has 5 aliphatic heterocycles. The lowest BCUT2D eigenvalue weighted by Gasteiger charge is -2.48. The second kappa shape index (κ2) is 5.62. The zero-order valence-electron chi connectivity index (χ0n) is 17.1. The Bertz CT molecular complexity index is 1430. The van der Waals surface area contributed by atoms with Gasteiger partial charge in [-0.1, -0.05) is 30.3 Å². The van der Waals surface area contributed by atoms with E-state index in [4.69, 9.17) is 4.98 Å². The van der Waals surface area contributed by atoms with Gasteiger partial charge < -0.3 is 10.4 Å². The molecule has 2 unspecified atom stereocenters. The first kappa shape index (κ1) is 18.1. The summed E-state index contributed by atoms with van der Waals surface area (Å²) in [5.41, 5.74) is -0.0647. The molecule has 5 aliphatic rings. The fourth-order valence-corrected chi connectivity index (χ4v) is 6.03. The first-order valence-corrected chi connectivity index (χ1v) is 10.7. The number of amides is 2. The highest BCUT2D eigenvalue weighted by Crippen LogP contribution is 2.55. The summed E-state index contributed by atoms with van der Waals surface area (Å²) in [7, 11) is 0. The highest BCUT2D eigenvalue weighted by molar-refractivity contribution is 6.03. The van der Waals surface area contributed by atoms with Crippen molar-refractivity contribution in [1.29, 1.82) is 0 Å². The van der Waals surface area contributed by atoms with E-state index < -0.39 is 30.0 Å². The predicted octanol–water partition coefficient (Wildman–Crippen LogP) is 0.734. The smallest absolute Gasteiger partial charge is 0.262 e. The molecule has 2 bridgehead atoms. The third kappa shape index (κ3) is 1.88.